The third-order valence-corrected chi connectivity index (χ3v) is 5.35. The molecule has 0 bridgehead atoms. The number of carbonyl (C=O) groups excluding carboxylic acids is 1. The minimum absolute atomic E-state index is 0.116. The van der Waals surface area contributed by atoms with Crippen LogP contribution in [0.4, 0.5) is 5.69 Å². The predicted octanol–water partition coefficient (Wildman–Crippen LogP) is 2.51. The number of amides is 1. The topological polar surface area (TPSA) is 87.6 Å². The average Bonchev–Trinajstić information content (AvgIpc) is 2.60. The van der Waals surface area contributed by atoms with Gasteiger partial charge in [-0.15, -0.1) is 4.40 Å². The van der Waals surface area contributed by atoms with E-state index in [-0.39, 0.29) is 29.0 Å². The Hall–Kier alpha value is -2.67. The maximum Gasteiger partial charge on any atom is 0.286 e. The molecular formula is C18H19N3O3S. The smallest absolute Gasteiger partial charge is 0.286 e. The van der Waals surface area contributed by atoms with E-state index in [9.17, 15) is 13.2 Å². The molecule has 3 rings (SSSR count). The molecule has 2 N–H and O–H groups in total. The lowest BCUT2D eigenvalue weighted by atomic mass is 10.0. The standard InChI is InChI=1S/C18H19N3O3S/c1-13(14-7-3-2-4-8-14)12-19-18(22)11-17-20-15-9-5-6-10-16(15)25(23,24)21-17/h2-10,13H,11-12H2,1H3,(H,19,22)(H,20,21)/t13-/m0/s1. The van der Waals surface area contributed by atoms with Gasteiger partial charge < -0.3 is 10.6 Å². The summed E-state index contributed by atoms with van der Waals surface area (Å²) in [6, 6.07) is 16.4. The van der Waals surface area contributed by atoms with Gasteiger partial charge >= 0.3 is 0 Å². The summed E-state index contributed by atoms with van der Waals surface area (Å²) in [5, 5.41) is 5.74. The summed E-state index contributed by atoms with van der Waals surface area (Å²) in [4.78, 5) is 12.3. The summed E-state index contributed by atoms with van der Waals surface area (Å²) in [7, 11) is -3.77. The summed E-state index contributed by atoms with van der Waals surface area (Å²) in [5.74, 6) is 0.0167. The number of rotatable bonds is 5. The van der Waals surface area contributed by atoms with Crippen LogP contribution in [0.5, 0.6) is 0 Å². The average molecular weight is 357 g/mol. The summed E-state index contributed by atoms with van der Waals surface area (Å²) in [5.41, 5.74) is 1.57. The molecule has 0 unspecified atom stereocenters. The molecule has 25 heavy (non-hydrogen) atoms. The molecule has 1 amide bonds. The van der Waals surface area contributed by atoms with E-state index in [2.05, 4.69) is 15.0 Å². The molecule has 0 aliphatic carbocycles. The highest BCUT2D eigenvalue weighted by Gasteiger charge is 2.25. The summed E-state index contributed by atoms with van der Waals surface area (Å²) in [6.07, 6.45) is -0.116. The van der Waals surface area contributed by atoms with E-state index >= 15 is 0 Å². The van der Waals surface area contributed by atoms with Crippen molar-refractivity contribution in [1.82, 2.24) is 5.32 Å². The Bertz CT molecular complexity index is 908. The van der Waals surface area contributed by atoms with Crippen molar-refractivity contribution in [3.63, 3.8) is 0 Å². The Morgan fingerprint density at radius 3 is 2.56 bits per heavy atom. The fourth-order valence-electron chi connectivity index (χ4n) is 2.62. The van der Waals surface area contributed by atoms with Crippen LogP contribution in [0.25, 0.3) is 0 Å². The molecule has 0 radical (unpaired) electrons. The van der Waals surface area contributed by atoms with Gasteiger partial charge in [0.1, 0.15) is 10.7 Å². The Morgan fingerprint density at radius 1 is 1.12 bits per heavy atom. The van der Waals surface area contributed by atoms with Crippen LogP contribution in [0.1, 0.15) is 24.8 Å². The molecule has 7 heteroatoms. The normalized spacial score (nSPS) is 16.1. The number of anilines is 1. The van der Waals surface area contributed by atoms with Crippen molar-refractivity contribution >= 4 is 27.5 Å². The second-order valence-corrected chi connectivity index (χ2v) is 7.50. The largest absolute Gasteiger partial charge is 0.355 e. The molecule has 6 nitrogen and oxygen atoms in total. The Kier molecular flexibility index (Phi) is 4.85. The second-order valence-electron chi connectivity index (χ2n) is 5.93. The quantitative estimate of drug-likeness (QED) is 0.861. The van der Waals surface area contributed by atoms with Gasteiger partial charge in [0.05, 0.1) is 12.1 Å². The molecule has 2 aromatic carbocycles. The van der Waals surface area contributed by atoms with E-state index in [1.54, 1.807) is 18.2 Å². The fraction of sp³-hybridized carbons (Fsp3) is 0.222. The molecule has 1 aliphatic heterocycles. The molecular weight excluding hydrogens is 338 g/mol. The molecule has 1 aliphatic rings. The van der Waals surface area contributed by atoms with Crippen LogP contribution in [0.3, 0.4) is 0 Å². The third kappa shape index (κ3) is 4.06. The number of amidine groups is 1. The third-order valence-electron chi connectivity index (χ3n) is 3.98. The number of para-hydroxylation sites is 1. The van der Waals surface area contributed by atoms with Crippen LogP contribution in [0.2, 0.25) is 0 Å². The number of benzene rings is 2. The van der Waals surface area contributed by atoms with Gasteiger partial charge in [0, 0.05) is 6.54 Å². The maximum atomic E-state index is 12.2. The van der Waals surface area contributed by atoms with Crippen molar-refractivity contribution in [3.8, 4) is 0 Å². The lowest BCUT2D eigenvalue weighted by Gasteiger charge is -2.18. The lowest BCUT2D eigenvalue weighted by molar-refractivity contribution is -0.119. The molecule has 2 aromatic rings. The van der Waals surface area contributed by atoms with E-state index < -0.39 is 10.0 Å². The van der Waals surface area contributed by atoms with Crippen molar-refractivity contribution < 1.29 is 13.2 Å². The first-order chi connectivity index (χ1) is 12.0. The number of nitrogens with one attached hydrogen (secondary N) is 2. The fourth-order valence-corrected chi connectivity index (χ4v) is 3.77. The minimum atomic E-state index is -3.77. The minimum Gasteiger partial charge on any atom is -0.355 e. The molecule has 0 aromatic heterocycles. The zero-order valence-corrected chi connectivity index (χ0v) is 14.6. The van der Waals surface area contributed by atoms with Crippen LogP contribution in [0.15, 0.2) is 63.9 Å². The number of hydrogen-bond donors (Lipinski definition) is 2. The van der Waals surface area contributed by atoms with Crippen LogP contribution < -0.4 is 10.6 Å². The Labute approximate surface area is 147 Å². The van der Waals surface area contributed by atoms with Gasteiger partial charge in [0.15, 0.2) is 0 Å². The van der Waals surface area contributed by atoms with Crippen LogP contribution in [-0.2, 0) is 14.8 Å². The SMILES string of the molecule is C[C@@H](CNC(=O)CC1=NS(=O)(=O)c2ccccc2N1)c1ccccc1. The maximum absolute atomic E-state index is 12.2. The first-order valence-corrected chi connectivity index (χ1v) is 9.41. The molecule has 0 spiro atoms. The molecule has 1 atom stereocenters. The van der Waals surface area contributed by atoms with E-state index in [1.165, 1.54) is 6.07 Å². The van der Waals surface area contributed by atoms with Crippen molar-refractivity contribution in [3.05, 3.63) is 60.2 Å². The van der Waals surface area contributed by atoms with Crippen LogP contribution in [0, 0.1) is 0 Å². The number of carbonyl (C=O) groups is 1. The number of hydrogen-bond acceptors (Lipinski definition) is 4. The van der Waals surface area contributed by atoms with E-state index in [1.807, 2.05) is 37.3 Å². The first-order valence-electron chi connectivity index (χ1n) is 7.97. The van der Waals surface area contributed by atoms with Gasteiger partial charge in [-0.1, -0.05) is 49.4 Å². The van der Waals surface area contributed by atoms with E-state index in [4.69, 9.17) is 0 Å². The predicted molar refractivity (Wildman–Crippen MR) is 97.2 cm³/mol. The highest BCUT2D eigenvalue weighted by Crippen LogP contribution is 2.27. The van der Waals surface area contributed by atoms with Crippen molar-refractivity contribution in [1.29, 1.82) is 0 Å². The number of nitrogens with zero attached hydrogens (tertiary/aromatic N) is 1. The van der Waals surface area contributed by atoms with Gasteiger partial charge in [0.25, 0.3) is 10.0 Å². The molecule has 0 saturated heterocycles. The van der Waals surface area contributed by atoms with Gasteiger partial charge in [-0.05, 0) is 23.6 Å². The van der Waals surface area contributed by atoms with Crippen molar-refractivity contribution in [2.75, 3.05) is 11.9 Å². The zero-order valence-electron chi connectivity index (χ0n) is 13.8. The van der Waals surface area contributed by atoms with Gasteiger partial charge in [0.2, 0.25) is 5.91 Å². The van der Waals surface area contributed by atoms with Crippen LogP contribution >= 0.6 is 0 Å². The number of fused-ring (bicyclic) bond motifs is 1. The second kappa shape index (κ2) is 7.06. The lowest BCUT2D eigenvalue weighted by Crippen LogP contribution is -2.32. The van der Waals surface area contributed by atoms with E-state index in [0.29, 0.717) is 12.2 Å². The van der Waals surface area contributed by atoms with Crippen LogP contribution in [-0.4, -0.2) is 26.7 Å². The highest BCUT2D eigenvalue weighted by atomic mass is 32.2. The molecule has 130 valence electrons. The zero-order chi connectivity index (χ0) is 17.9. The summed E-state index contributed by atoms with van der Waals surface area (Å²) < 4.78 is 28.0. The first kappa shape index (κ1) is 17.2. The molecule has 1 heterocycles. The highest BCUT2D eigenvalue weighted by molar-refractivity contribution is 7.90. The van der Waals surface area contributed by atoms with Gasteiger partial charge in [-0.3, -0.25) is 4.79 Å². The van der Waals surface area contributed by atoms with Gasteiger partial charge in [-0.2, -0.15) is 8.42 Å². The van der Waals surface area contributed by atoms with E-state index in [0.717, 1.165) is 5.56 Å². The molecule has 0 saturated carbocycles. The Morgan fingerprint density at radius 2 is 1.80 bits per heavy atom. The Balaban J connectivity index is 1.61. The number of sulfonamides is 1. The monoisotopic (exact) mass is 357 g/mol. The summed E-state index contributed by atoms with van der Waals surface area (Å²) in [6.45, 7) is 2.49. The van der Waals surface area contributed by atoms with Crippen molar-refractivity contribution in [2.24, 2.45) is 4.40 Å². The molecule has 0 fully saturated rings. The summed E-state index contributed by atoms with van der Waals surface area (Å²) >= 11 is 0. The van der Waals surface area contributed by atoms with Crippen molar-refractivity contribution in [2.45, 2.75) is 24.2 Å². The van der Waals surface area contributed by atoms with Gasteiger partial charge in [-0.25, -0.2) is 0 Å².